The number of benzene rings is 2. The normalized spacial score (nSPS) is 15.2. The fourth-order valence-electron chi connectivity index (χ4n) is 2.18. The minimum Gasteiger partial charge on any atom is -0.294 e. The molecule has 94 valence electrons. The van der Waals surface area contributed by atoms with Crippen LogP contribution in [0.2, 0.25) is 0 Å². The van der Waals surface area contributed by atoms with Crippen molar-refractivity contribution in [2.24, 2.45) is 0 Å². The number of amides is 2. The van der Waals surface area contributed by atoms with Crippen LogP contribution in [-0.2, 0) is 16.1 Å². The van der Waals surface area contributed by atoms with Crippen LogP contribution in [0.15, 0.2) is 42.5 Å². The Morgan fingerprint density at radius 1 is 1.05 bits per heavy atom. The Morgan fingerprint density at radius 2 is 1.79 bits per heavy atom. The van der Waals surface area contributed by atoms with Crippen molar-refractivity contribution in [3.8, 4) is 0 Å². The molecule has 2 amide bonds. The van der Waals surface area contributed by atoms with E-state index in [-0.39, 0.29) is 5.11 Å². The third kappa shape index (κ3) is 1.98. The van der Waals surface area contributed by atoms with Crippen LogP contribution in [0.4, 0.5) is 0 Å². The lowest BCUT2D eigenvalue weighted by atomic mass is 10.0. The summed E-state index contributed by atoms with van der Waals surface area (Å²) < 4.78 is 0. The molecule has 1 aliphatic rings. The Balaban J connectivity index is 2.00. The molecule has 0 aliphatic carbocycles. The highest BCUT2D eigenvalue weighted by molar-refractivity contribution is 7.80. The molecule has 2 aromatic rings. The average Bonchev–Trinajstić information content (AvgIpc) is 2.66. The van der Waals surface area contributed by atoms with Crippen molar-refractivity contribution in [1.82, 2.24) is 10.2 Å². The first-order valence-electron chi connectivity index (χ1n) is 5.80. The topological polar surface area (TPSA) is 49.4 Å². The molecule has 1 fully saturated rings. The summed E-state index contributed by atoms with van der Waals surface area (Å²) in [5.41, 5.74) is 0.963. The number of carbonyl (C=O) groups excluding carboxylic acids is 2. The molecular formula is C14H10N2O2S. The van der Waals surface area contributed by atoms with Crippen molar-refractivity contribution in [2.45, 2.75) is 6.54 Å². The van der Waals surface area contributed by atoms with E-state index < -0.39 is 11.8 Å². The van der Waals surface area contributed by atoms with Gasteiger partial charge in [0.05, 0.1) is 6.54 Å². The smallest absolute Gasteiger partial charge is 0.294 e. The quantitative estimate of drug-likeness (QED) is 0.666. The maximum absolute atomic E-state index is 11.7. The van der Waals surface area contributed by atoms with Gasteiger partial charge in [-0.05, 0) is 28.6 Å². The first-order valence-corrected chi connectivity index (χ1v) is 6.21. The summed E-state index contributed by atoms with van der Waals surface area (Å²) in [6.07, 6.45) is 0. The van der Waals surface area contributed by atoms with E-state index in [4.69, 9.17) is 12.2 Å². The summed E-state index contributed by atoms with van der Waals surface area (Å²) in [6, 6.07) is 13.8. The number of nitrogens with zero attached hydrogens (tertiary/aromatic N) is 1. The Kier molecular flexibility index (Phi) is 2.76. The lowest BCUT2D eigenvalue weighted by Gasteiger charge is -2.15. The number of hydrogen-bond donors (Lipinski definition) is 1. The second-order valence-electron chi connectivity index (χ2n) is 4.29. The summed E-state index contributed by atoms with van der Waals surface area (Å²) in [5, 5.41) is 4.67. The van der Waals surface area contributed by atoms with Gasteiger partial charge in [-0.3, -0.25) is 19.8 Å². The fraction of sp³-hybridized carbons (Fsp3) is 0.0714. The Bertz CT molecular complexity index is 706. The maximum Gasteiger partial charge on any atom is 0.318 e. The van der Waals surface area contributed by atoms with Gasteiger partial charge in [0.1, 0.15) is 0 Å². The molecular weight excluding hydrogens is 260 g/mol. The lowest BCUT2D eigenvalue weighted by Crippen LogP contribution is -2.30. The van der Waals surface area contributed by atoms with Gasteiger partial charge in [0.2, 0.25) is 0 Å². The van der Waals surface area contributed by atoms with Gasteiger partial charge in [-0.1, -0.05) is 42.5 Å². The molecule has 4 nitrogen and oxygen atoms in total. The molecule has 0 saturated carbocycles. The summed E-state index contributed by atoms with van der Waals surface area (Å²) in [7, 11) is 0. The van der Waals surface area contributed by atoms with E-state index in [1.165, 1.54) is 4.90 Å². The second-order valence-corrected chi connectivity index (χ2v) is 4.68. The summed E-state index contributed by atoms with van der Waals surface area (Å²) in [4.78, 5) is 24.2. The molecule has 0 spiro atoms. The summed E-state index contributed by atoms with van der Waals surface area (Å²) >= 11 is 4.99. The number of carbonyl (C=O) groups is 2. The van der Waals surface area contributed by atoms with Crippen molar-refractivity contribution in [3.63, 3.8) is 0 Å². The highest BCUT2D eigenvalue weighted by atomic mass is 32.1. The molecule has 0 atom stereocenters. The second kappa shape index (κ2) is 4.44. The van der Waals surface area contributed by atoms with Crippen LogP contribution >= 0.6 is 12.2 Å². The predicted octanol–water partition coefficient (Wildman–Crippen LogP) is 1.58. The van der Waals surface area contributed by atoms with Crippen molar-refractivity contribution in [3.05, 3.63) is 48.0 Å². The van der Waals surface area contributed by atoms with E-state index in [1.54, 1.807) is 0 Å². The van der Waals surface area contributed by atoms with Crippen LogP contribution in [0.3, 0.4) is 0 Å². The van der Waals surface area contributed by atoms with Crippen LogP contribution in [0.5, 0.6) is 0 Å². The third-order valence-corrected chi connectivity index (χ3v) is 3.44. The summed E-state index contributed by atoms with van der Waals surface area (Å²) in [5.74, 6) is -1.26. The van der Waals surface area contributed by atoms with E-state index in [1.807, 2.05) is 42.5 Å². The molecule has 0 aromatic heterocycles. The van der Waals surface area contributed by atoms with Gasteiger partial charge in [-0.2, -0.15) is 0 Å². The highest BCUT2D eigenvalue weighted by Crippen LogP contribution is 2.20. The first-order chi connectivity index (χ1) is 9.16. The molecule has 0 radical (unpaired) electrons. The molecule has 19 heavy (non-hydrogen) atoms. The molecule has 1 aliphatic heterocycles. The van der Waals surface area contributed by atoms with Crippen molar-refractivity contribution >= 4 is 39.9 Å². The van der Waals surface area contributed by atoms with E-state index in [0.29, 0.717) is 6.54 Å². The fourth-order valence-corrected chi connectivity index (χ4v) is 2.42. The van der Waals surface area contributed by atoms with E-state index in [0.717, 1.165) is 16.3 Å². The number of hydrogen-bond acceptors (Lipinski definition) is 3. The molecule has 3 rings (SSSR count). The Morgan fingerprint density at radius 3 is 2.53 bits per heavy atom. The first kappa shape index (κ1) is 11.8. The largest absolute Gasteiger partial charge is 0.318 e. The third-order valence-electron chi connectivity index (χ3n) is 3.11. The van der Waals surface area contributed by atoms with Gasteiger partial charge in [0.15, 0.2) is 5.11 Å². The van der Waals surface area contributed by atoms with Gasteiger partial charge < -0.3 is 0 Å². The Labute approximate surface area is 115 Å². The van der Waals surface area contributed by atoms with Crippen LogP contribution in [0, 0.1) is 0 Å². The van der Waals surface area contributed by atoms with Gasteiger partial charge in [0.25, 0.3) is 0 Å². The maximum atomic E-state index is 11.7. The number of fused-ring (bicyclic) bond motifs is 1. The van der Waals surface area contributed by atoms with Crippen LogP contribution < -0.4 is 5.32 Å². The van der Waals surface area contributed by atoms with Crippen molar-refractivity contribution < 1.29 is 9.59 Å². The van der Waals surface area contributed by atoms with Gasteiger partial charge in [0, 0.05) is 0 Å². The molecule has 0 unspecified atom stereocenters. The van der Waals surface area contributed by atoms with Crippen LogP contribution in [0.1, 0.15) is 5.56 Å². The van der Waals surface area contributed by atoms with Crippen molar-refractivity contribution in [1.29, 1.82) is 0 Å². The molecule has 5 heteroatoms. The van der Waals surface area contributed by atoms with Crippen molar-refractivity contribution in [2.75, 3.05) is 0 Å². The average molecular weight is 270 g/mol. The molecule has 0 bridgehead atoms. The zero-order valence-electron chi connectivity index (χ0n) is 9.92. The molecule has 2 aromatic carbocycles. The van der Waals surface area contributed by atoms with E-state index in [9.17, 15) is 9.59 Å². The van der Waals surface area contributed by atoms with E-state index in [2.05, 4.69) is 5.32 Å². The zero-order valence-corrected chi connectivity index (χ0v) is 10.7. The molecule has 1 N–H and O–H groups in total. The van der Waals surface area contributed by atoms with Gasteiger partial charge >= 0.3 is 11.8 Å². The Hall–Kier alpha value is -2.27. The summed E-state index contributed by atoms with van der Waals surface area (Å²) in [6.45, 7) is 0.303. The van der Waals surface area contributed by atoms with E-state index >= 15 is 0 Å². The highest BCUT2D eigenvalue weighted by Gasteiger charge is 2.33. The minimum absolute atomic E-state index is 0.169. The number of rotatable bonds is 2. The van der Waals surface area contributed by atoms with Gasteiger partial charge in [-0.25, -0.2) is 0 Å². The molecule has 1 heterocycles. The molecule has 1 saturated heterocycles. The minimum atomic E-state index is -0.662. The predicted molar refractivity (Wildman–Crippen MR) is 75.2 cm³/mol. The van der Waals surface area contributed by atoms with Gasteiger partial charge in [-0.15, -0.1) is 0 Å². The number of thiocarbonyl (C=S) groups is 1. The SMILES string of the molecule is O=C1NC(=S)N(Cc2cccc3ccccc23)C1=O. The lowest BCUT2D eigenvalue weighted by molar-refractivity contribution is -0.140. The zero-order chi connectivity index (χ0) is 13.4. The monoisotopic (exact) mass is 270 g/mol. The van der Waals surface area contributed by atoms with Crippen LogP contribution in [0.25, 0.3) is 10.8 Å². The number of nitrogens with one attached hydrogen (secondary N) is 1. The van der Waals surface area contributed by atoms with Crippen LogP contribution in [-0.4, -0.2) is 21.8 Å². The standard InChI is InChI=1S/C14H10N2O2S/c17-12-13(18)16(14(19)15-12)8-10-6-3-5-9-4-1-2-7-11(9)10/h1-7H,8H2,(H,15,17,19).